The Hall–Kier alpha value is -0.590. The van der Waals surface area contributed by atoms with Crippen LogP contribution in [0.25, 0.3) is 0 Å². The average molecular weight is 121 g/mol. The molecule has 48 valence electrons. The Morgan fingerprint density at radius 1 is 1.56 bits per heavy atom. The normalized spacial score (nSPS) is 32.0. The zero-order chi connectivity index (χ0) is 6.10. The number of allylic oxidation sites excluding steroid dienone is 1. The van der Waals surface area contributed by atoms with E-state index in [-0.39, 0.29) is 0 Å². The van der Waals surface area contributed by atoms with Crippen LogP contribution in [0.1, 0.15) is 25.7 Å². The van der Waals surface area contributed by atoms with Gasteiger partial charge in [0.25, 0.3) is 0 Å². The summed E-state index contributed by atoms with van der Waals surface area (Å²) in [6.45, 7) is 0. The summed E-state index contributed by atoms with van der Waals surface area (Å²) in [5.74, 6) is 0.877. The maximum atomic E-state index is 4.13. The lowest BCUT2D eigenvalue weighted by molar-refractivity contribution is 0.653. The van der Waals surface area contributed by atoms with Gasteiger partial charge in [-0.05, 0) is 37.2 Å². The number of aliphatic imine (C=N–C) groups is 1. The minimum absolute atomic E-state index is 0.877. The van der Waals surface area contributed by atoms with E-state index in [1.807, 2.05) is 6.21 Å². The van der Waals surface area contributed by atoms with E-state index in [1.165, 1.54) is 25.7 Å². The second kappa shape index (κ2) is 1.98. The Morgan fingerprint density at radius 2 is 2.56 bits per heavy atom. The van der Waals surface area contributed by atoms with E-state index in [0.717, 1.165) is 5.92 Å². The standard InChI is InChI=1S/C8H11N/c1-2-7-4-5-9-6-8(7)3-1/h5-7H,1-4H2. The molecule has 1 atom stereocenters. The fraction of sp³-hybridized carbons (Fsp3) is 0.625. The third-order valence-electron chi connectivity index (χ3n) is 2.28. The molecule has 1 unspecified atom stereocenters. The van der Waals surface area contributed by atoms with Gasteiger partial charge in [0.2, 0.25) is 0 Å². The summed E-state index contributed by atoms with van der Waals surface area (Å²) in [7, 11) is 0. The van der Waals surface area contributed by atoms with Gasteiger partial charge in [0.1, 0.15) is 0 Å². The maximum absolute atomic E-state index is 4.13. The van der Waals surface area contributed by atoms with E-state index in [9.17, 15) is 0 Å². The van der Waals surface area contributed by atoms with E-state index >= 15 is 0 Å². The van der Waals surface area contributed by atoms with Crippen LogP contribution in [0.3, 0.4) is 0 Å². The first-order valence-electron chi connectivity index (χ1n) is 3.67. The molecule has 2 rings (SSSR count). The Labute approximate surface area is 55.5 Å². The van der Waals surface area contributed by atoms with Crippen LogP contribution in [0, 0.1) is 5.92 Å². The lowest BCUT2D eigenvalue weighted by Gasteiger charge is -2.10. The fourth-order valence-electron chi connectivity index (χ4n) is 1.72. The minimum atomic E-state index is 0.877. The van der Waals surface area contributed by atoms with Crippen molar-refractivity contribution in [1.82, 2.24) is 0 Å². The lowest BCUT2D eigenvalue weighted by Crippen LogP contribution is -2.00. The van der Waals surface area contributed by atoms with Crippen molar-refractivity contribution in [1.29, 1.82) is 0 Å². The van der Waals surface area contributed by atoms with Gasteiger partial charge in [0, 0.05) is 12.4 Å². The van der Waals surface area contributed by atoms with Gasteiger partial charge < -0.3 is 0 Å². The molecule has 1 heteroatoms. The van der Waals surface area contributed by atoms with Crippen molar-refractivity contribution in [2.24, 2.45) is 10.9 Å². The molecule has 2 aliphatic rings. The number of hydrogen-bond acceptors (Lipinski definition) is 1. The van der Waals surface area contributed by atoms with Crippen LogP contribution in [-0.4, -0.2) is 6.21 Å². The second-order valence-corrected chi connectivity index (χ2v) is 2.86. The summed E-state index contributed by atoms with van der Waals surface area (Å²) >= 11 is 0. The molecule has 1 fully saturated rings. The highest BCUT2D eigenvalue weighted by Gasteiger charge is 2.20. The highest BCUT2D eigenvalue weighted by Crippen LogP contribution is 2.34. The summed E-state index contributed by atoms with van der Waals surface area (Å²) in [4.78, 5) is 4.13. The van der Waals surface area contributed by atoms with Crippen molar-refractivity contribution < 1.29 is 0 Å². The van der Waals surface area contributed by atoms with Crippen LogP contribution >= 0.6 is 0 Å². The van der Waals surface area contributed by atoms with Crippen LogP contribution in [0.2, 0.25) is 0 Å². The summed E-state index contributed by atoms with van der Waals surface area (Å²) < 4.78 is 0. The number of nitrogens with zero attached hydrogens (tertiary/aromatic N) is 1. The van der Waals surface area contributed by atoms with Crippen LogP contribution in [0.5, 0.6) is 0 Å². The molecular weight excluding hydrogens is 110 g/mol. The first kappa shape index (κ1) is 5.21. The molecule has 0 radical (unpaired) electrons. The van der Waals surface area contributed by atoms with Crippen molar-refractivity contribution >= 4 is 6.21 Å². The van der Waals surface area contributed by atoms with Gasteiger partial charge in [-0.2, -0.15) is 0 Å². The first-order valence-corrected chi connectivity index (χ1v) is 3.67. The van der Waals surface area contributed by atoms with Gasteiger partial charge in [0.15, 0.2) is 0 Å². The molecule has 1 aliphatic heterocycles. The third kappa shape index (κ3) is 0.805. The molecule has 1 saturated carbocycles. The Kier molecular flexibility index (Phi) is 1.15. The molecule has 0 bridgehead atoms. The molecular formula is C8H11N. The molecule has 1 heterocycles. The van der Waals surface area contributed by atoms with E-state index in [0.29, 0.717) is 0 Å². The van der Waals surface area contributed by atoms with Crippen molar-refractivity contribution in [2.75, 3.05) is 0 Å². The van der Waals surface area contributed by atoms with Gasteiger partial charge in [-0.15, -0.1) is 0 Å². The van der Waals surface area contributed by atoms with E-state index in [1.54, 1.807) is 5.57 Å². The molecule has 1 aliphatic carbocycles. The number of hydrogen-bond donors (Lipinski definition) is 0. The highest BCUT2D eigenvalue weighted by atomic mass is 14.7. The predicted molar refractivity (Wildman–Crippen MR) is 38.5 cm³/mol. The molecule has 0 amide bonds. The third-order valence-corrected chi connectivity index (χ3v) is 2.28. The van der Waals surface area contributed by atoms with Crippen molar-refractivity contribution in [3.05, 3.63) is 11.8 Å². The van der Waals surface area contributed by atoms with Gasteiger partial charge in [-0.1, -0.05) is 0 Å². The topological polar surface area (TPSA) is 12.4 Å². The average Bonchev–Trinajstić information content (AvgIpc) is 2.33. The zero-order valence-corrected chi connectivity index (χ0v) is 5.51. The second-order valence-electron chi connectivity index (χ2n) is 2.86. The van der Waals surface area contributed by atoms with Crippen molar-refractivity contribution in [2.45, 2.75) is 25.7 Å². The molecule has 0 N–H and O–H groups in total. The van der Waals surface area contributed by atoms with Gasteiger partial charge >= 0.3 is 0 Å². The summed E-state index contributed by atoms with van der Waals surface area (Å²) in [5, 5.41) is 0. The van der Waals surface area contributed by atoms with E-state index < -0.39 is 0 Å². The lowest BCUT2D eigenvalue weighted by atomic mass is 9.99. The molecule has 9 heavy (non-hydrogen) atoms. The molecule has 0 saturated heterocycles. The zero-order valence-electron chi connectivity index (χ0n) is 5.51. The summed E-state index contributed by atoms with van der Waals surface area (Å²) in [5.41, 5.74) is 1.59. The Morgan fingerprint density at radius 3 is 3.44 bits per heavy atom. The molecule has 0 spiro atoms. The molecule has 0 aromatic carbocycles. The first-order chi connectivity index (χ1) is 4.47. The van der Waals surface area contributed by atoms with Crippen molar-refractivity contribution in [3.8, 4) is 0 Å². The quantitative estimate of drug-likeness (QED) is 0.465. The summed E-state index contributed by atoms with van der Waals surface area (Å²) in [6, 6.07) is 0. The monoisotopic (exact) mass is 121 g/mol. The maximum Gasteiger partial charge on any atom is 0.0258 e. The summed E-state index contributed by atoms with van der Waals surface area (Å²) in [6.07, 6.45) is 9.40. The predicted octanol–water partition coefficient (Wildman–Crippen LogP) is 2.14. The molecule has 0 aromatic rings. The Balaban J connectivity index is 2.23. The van der Waals surface area contributed by atoms with E-state index in [2.05, 4.69) is 11.2 Å². The van der Waals surface area contributed by atoms with Crippen LogP contribution in [0.15, 0.2) is 16.8 Å². The molecule has 0 aromatic heterocycles. The minimum Gasteiger partial charge on any atom is -0.269 e. The van der Waals surface area contributed by atoms with Crippen LogP contribution < -0.4 is 0 Å². The largest absolute Gasteiger partial charge is 0.269 e. The van der Waals surface area contributed by atoms with Gasteiger partial charge in [-0.25, -0.2) is 0 Å². The van der Waals surface area contributed by atoms with Crippen LogP contribution in [-0.2, 0) is 0 Å². The van der Waals surface area contributed by atoms with Crippen LogP contribution in [0.4, 0.5) is 0 Å². The van der Waals surface area contributed by atoms with Gasteiger partial charge in [0.05, 0.1) is 0 Å². The number of rotatable bonds is 0. The van der Waals surface area contributed by atoms with E-state index in [4.69, 9.17) is 0 Å². The smallest absolute Gasteiger partial charge is 0.0258 e. The SMILES string of the molecule is C1=NC=C2CCCC2C1. The fourth-order valence-corrected chi connectivity index (χ4v) is 1.72. The van der Waals surface area contributed by atoms with Gasteiger partial charge in [-0.3, -0.25) is 4.99 Å². The Bertz CT molecular complexity index is 167. The highest BCUT2D eigenvalue weighted by molar-refractivity contribution is 5.61. The number of fused-ring (bicyclic) bond motifs is 1. The van der Waals surface area contributed by atoms with Crippen molar-refractivity contribution in [3.63, 3.8) is 0 Å². The molecule has 1 nitrogen and oxygen atoms in total.